The van der Waals surface area contributed by atoms with E-state index >= 15 is 0 Å². The number of nitrogens with zero attached hydrogens (tertiary/aromatic N) is 2. The molecule has 1 aromatic rings. The summed E-state index contributed by atoms with van der Waals surface area (Å²) in [5, 5.41) is 13.1. The number of anilines is 1. The van der Waals surface area contributed by atoms with E-state index < -0.39 is 16.7 Å². The van der Waals surface area contributed by atoms with Crippen molar-refractivity contribution in [2.75, 3.05) is 18.4 Å². The lowest BCUT2D eigenvalue weighted by molar-refractivity contribution is -0.384. The molecule has 0 bridgehead atoms. The molecule has 1 rings (SSSR count). The van der Waals surface area contributed by atoms with Gasteiger partial charge in [0.05, 0.1) is 4.92 Å². The highest BCUT2D eigenvalue weighted by molar-refractivity contribution is 6.39. The lowest BCUT2D eigenvalue weighted by Crippen LogP contribution is -2.43. The van der Waals surface area contributed by atoms with Gasteiger partial charge >= 0.3 is 11.8 Å². The number of rotatable bonds is 6. The predicted octanol–water partition coefficient (Wildman–Crippen LogP) is 2.67. The highest BCUT2D eigenvalue weighted by Gasteiger charge is 2.23. The van der Waals surface area contributed by atoms with E-state index in [2.05, 4.69) is 5.32 Å². The molecule has 0 saturated carbocycles. The normalized spacial score (nSPS) is 10.7. The van der Waals surface area contributed by atoms with E-state index in [1.54, 1.807) is 0 Å². The third kappa shape index (κ3) is 6.06. The van der Waals surface area contributed by atoms with Gasteiger partial charge in [-0.15, -0.1) is 0 Å². The molecule has 0 atom stereocenters. The van der Waals surface area contributed by atoms with Crippen molar-refractivity contribution in [3.63, 3.8) is 0 Å². The van der Waals surface area contributed by atoms with Crippen LogP contribution in [0.5, 0.6) is 0 Å². The van der Waals surface area contributed by atoms with Crippen molar-refractivity contribution in [1.29, 1.82) is 0 Å². The fraction of sp³-hybridized carbons (Fsp3) is 0.500. The Labute approximate surface area is 135 Å². The first-order chi connectivity index (χ1) is 10.7. The zero-order valence-corrected chi connectivity index (χ0v) is 13.9. The first-order valence-electron chi connectivity index (χ1n) is 7.55. The third-order valence-electron chi connectivity index (χ3n) is 2.99. The van der Waals surface area contributed by atoms with Gasteiger partial charge in [-0.3, -0.25) is 19.7 Å². The number of carbonyl (C=O) groups excluding carboxylic acids is 2. The molecule has 7 heteroatoms. The average molecular weight is 321 g/mol. The van der Waals surface area contributed by atoms with E-state index in [1.165, 1.54) is 29.2 Å². The van der Waals surface area contributed by atoms with Crippen molar-refractivity contribution in [3.8, 4) is 0 Å². The first-order valence-corrected chi connectivity index (χ1v) is 7.55. The van der Waals surface area contributed by atoms with E-state index in [-0.39, 0.29) is 17.5 Å². The molecule has 0 unspecified atom stereocenters. The number of nitrogens with one attached hydrogen (secondary N) is 1. The van der Waals surface area contributed by atoms with Gasteiger partial charge in [0.15, 0.2) is 0 Å². The highest BCUT2D eigenvalue weighted by atomic mass is 16.6. The number of non-ortho nitro benzene ring substituents is 1. The van der Waals surface area contributed by atoms with Crippen LogP contribution in [0.1, 0.15) is 27.7 Å². The van der Waals surface area contributed by atoms with E-state index in [0.29, 0.717) is 18.8 Å². The number of carbonyl (C=O) groups is 2. The summed E-state index contributed by atoms with van der Waals surface area (Å²) >= 11 is 0. The second kappa shape index (κ2) is 8.26. The number of nitro benzene ring substituents is 1. The van der Waals surface area contributed by atoms with Crippen molar-refractivity contribution < 1.29 is 14.5 Å². The van der Waals surface area contributed by atoms with Crippen LogP contribution in [0.4, 0.5) is 11.4 Å². The van der Waals surface area contributed by atoms with Gasteiger partial charge in [-0.05, 0) is 24.0 Å². The van der Waals surface area contributed by atoms with Gasteiger partial charge in [0, 0.05) is 30.9 Å². The van der Waals surface area contributed by atoms with Crippen molar-refractivity contribution in [2.24, 2.45) is 11.8 Å². The highest BCUT2D eigenvalue weighted by Crippen LogP contribution is 2.15. The number of benzene rings is 1. The van der Waals surface area contributed by atoms with Gasteiger partial charge in [-0.2, -0.15) is 0 Å². The SMILES string of the molecule is CC(C)CN(CC(C)C)C(=O)C(=O)Nc1ccc([N+](=O)[O-])cc1. The molecule has 1 N–H and O–H groups in total. The molecule has 1 aromatic carbocycles. The van der Waals surface area contributed by atoms with E-state index in [1.807, 2.05) is 27.7 Å². The van der Waals surface area contributed by atoms with Crippen LogP contribution in [-0.4, -0.2) is 34.7 Å². The molecule has 126 valence electrons. The molecule has 0 aliphatic rings. The van der Waals surface area contributed by atoms with Crippen molar-refractivity contribution in [2.45, 2.75) is 27.7 Å². The number of hydrogen-bond donors (Lipinski definition) is 1. The minimum Gasteiger partial charge on any atom is -0.334 e. The van der Waals surface area contributed by atoms with Crippen LogP contribution in [0.25, 0.3) is 0 Å². The average Bonchev–Trinajstić information content (AvgIpc) is 2.45. The van der Waals surface area contributed by atoms with Crippen LogP contribution in [0.3, 0.4) is 0 Å². The van der Waals surface area contributed by atoms with Crippen LogP contribution in [-0.2, 0) is 9.59 Å². The molecule has 0 saturated heterocycles. The summed E-state index contributed by atoms with van der Waals surface area (Å²) in [6.07, 6.45) is 0. The minimum atomic E-state index is -0.736. The van der Waals surface area contributed by atoms with Crippen LogP contribution < -0.4 is 5.32 Å². The van der Waals surface area contributed by atoms with E-state index in [0.717, 1.165) is 0 Å². The summed E-state index contributed by atoms with van der Waals surface area (Å²) in [6, 6.07) is 5.36. The molecule has 2 amide bonds. The minimum absolute atomic E-state index is 0.0735. The Kier molecular flexibility index (Phi) is 6.68. The van der Waals surface area contributed by atoms with Gasteiger partial charge in [0.1, 0.15) is 0 Å². The Bertz CT molecular complexity index is 557. The van der Waals surface area contributed by atoms with Gasteiger partial charge in [0.2, 0.25) is 0 Å². The van der Waals surface area contributed by atoms with Crippen LogP contribution in [0.2, 0.25) is 0 Å². The maximum absolute atomic E-state index is 12.3. The van der Waals surface area contributed by atoms with E-state index in [4.69, 9.17) is 0 Å². The smallest absolute Gasteiger partial charge is 0.313 e. The maximum Gasteiger partial charge on any atom is 0.313 e. The monoisotopic (exact) mass is 321 g/mol. The van der Waals surface area contributed by atoms with Crippen LogP contribution >= 0.6 is 0 Å². The third-order valence-corrected chi connectivity index (χ3v) is 2.99. The Morgan fingerprint density at radius 1 is 1.09 bits per heavy atom. The molecule has 0 fully saturated rings. The summed E-state index contributed by atoms with van der Waals surface area (Å²) in [7, 11) is 0. The molecule has 0 heterocycles. The van der Waals surface area contributed by atoms with Gasteiger partial charge in [-0.1, -0.05) is 27.7 Å². The molecule has 23 heavy (non-hydrogen) atoms. The zero-order chi connectivity index (χ0) is 17.6. The van der Waals surface area contributed by atoms with E-state index in [9.17, 15) is 19.7 Å². The number of nitro groups is 1. The molecular formula is C16H23N3O4. The quantitative estimate of drug-likeness (QED) is 0.495. The Morgan fingerprint density at radius 2 is 1.57 bits per heavy atom. The first kappa shape index (κ1) is 18.6. The molecule has 0 aromatic heterocycles. The second-order valence-corrected chi connectivity index (χ2v) is 6.26. The summed E-state index contributed by atoms with van der Waals surface area (Å²) in [6.45, 7) is 8.93. The van der Waals surface area contributed by atoms with Gasteiger partial charge in [-0.25, -0.2) is 0 Å². The van der Waals surface area contributed by atoms with Crippen molar-refractivity contribution in [3.05, 3.63) is 34.4 Å². The zero-order valence-electron chi connectivity index (χ0n) is 13.9. The van der Waals surface area contributed by atoms with Crippen molar-refractivity contribution >= 4 is 23.2 Å². The fourth-order valence-corrected chi connectivity index (χ4v) is 2.12. The molecule has 0 spiro atoms. The predicted molar refractivity (Wildman–Crippen MR) is 88.0 cm³/mol. The van der Waals surface area contributed by atoms with Crippen LogP contribution in [0.15, 0.2) is 24.3 Å². The summed E-state index contributed by atoms with van der Waals surface area (Å²) < 4.78 is 0. The topological polar surface area (TPSA) is 92.6 Å². The number of amides is 2. The number of hydrogen-bond acceptors (Lipinski definition) is 4. The molecule has 0 radical (unpaired) electrons. The summed E-state index contributed by atoms with van der Waals surface area (Å²) in [5.41, 5.74) is 0.276. The lowest BCUT2D eigenvalue weighted by Gasteiger charge is -2.25. The summed E-state index contributed by atoms with van der Waals surface area (Å²) in [4.78, 5) is 36.0. The molecule has 0 aliphatic carbocycles. The fourth-order valence-electron chi connectivity index (χ4n) is 2.12. The van der Waals surface area contributed by atoms with Crippen LogP contribution in [0, 0.1) is 22.0 Å². The standard InChI is InChI=1S/C16H23N3O4/c1-11(2)9-18(10-12(3)4)16(21)15(20)17-13-5-7-14(8-6-13)19(22)23/h5-8,11-12H,9-10H2,1-4H3,(H,17,20). The lowest BCUT2D eigenvalue weighted by atomic mass is 10.1. The largest absolute Gasteiger partial charge is 0.334 e. The second-order valence-electron chi connectivity index (χ2n) is 6.26. The van der Waals surface area contributed by atoms with Crippen molar-refractivity contribution in [1.82, 2.24) is 4.90 Å². The summed E-state index contributed by atoms with van der Waals surface area (Å²) in [5.74, 6) is -0.819. The molecule has 0 aliphatic heterocycles. The Morgan fingerprint density at radius 3 is 1.96 bits per heavy atom. The Hall–Kier alpha value is -2.44. The Balaban J connectivity index is 2.76. The maximum atomic E-state index is 12.3. The van der Waals surface area contributed by atoms with Gasteiger partial charge in [0.25, 0.3) is 5.69 Å². The van der Waals surface area contributed by atoms with Gasteiger partial charge < -0.3 is 10.2 Å². The molecular weight excluding hydrogens is 298 g/mol. The molecule has 7 nitrogen and oxygen atoms in total.